The van der Waals surface area contributed by atoms with E-state index in [1.165, 1.54) is 12.1 Å². The topological polar surface area (TPSA) is 18.5 Å². The molecule has 0 saturated heterocycles. The third-order valence-electron chi connectivity index (χ3n) is 2.22. The van der Waals surface area contributed by atoms with Crippen LogP contribution in [0.2, 0.25) is 0 Å². The standard InChI is InChI=1S/C14H13FO2/c15-13-7-4-8-14(9-13)17-11-16-10-12-5-2-1-3-6-12/h1-9H,10-11H2. The van der Waals surface area contributed by atoms with Gasteiger partial charge in [0.05, 0.1) is 6.61 Å². The molecule has 2 aromatic carbocycles. The first kappa shape index (κ1) is 11.6. The van der Waals surface area contributed by atoms with Crippen molar-refractivity contribution in [3.05, 3.63) is 66.0 Å². The zero-order valence-electron chi connectivity index (χ0n) is 9.30. The monoisotopic (exact) mass is 232 g/mol. The molecule has 0 bridgehead atoms. The minimum Gasteiger partial charge on any atom is -0.467 e. The van der Waals surface area contributed by atoms with Gasteiger partial charge in [-0.2, -0.15) is 0 Å². The fraction of sp³-hybridized carbons (Fsp3) is 0.143. The summed E-state index contributed by atoms with van der Waals surface area (Å²) in [5, 5.41) is 0. The summed E-state index contributed by atoms with van der Waals surface area (Å²) in [6, 6.07) is 15.8. The van der Waals surface area contributed by atoms with Gasteiger partial charge in [-0.1, -0.05) is 36.4 Å². The maximum Gasteiger partial charge on any atom is 0.189 e. The molecule has 0 spiro atoms. The maximum atomic E-state index is 12.8. The third-order valence-corrected chi connectivity index (χ3v) is 2.22. The van der Waals surface area contributed by atoms with Crippen LogP contribution in [0.4, 0.5) is 4.39 Å². The van der Waals surface area contributed by atoms with E-state index in [4.69, 9.17) is 9.47 Å². The van der Waals surface area contributed by atoms with Crippen LogP contribution in [0.3, 0.4) is 0 Å². The molecule has 0 saturated carbocycles. The Kier molecular flexibility index (Phi) is 4.11. The number of hydrogen-bond donors (Lipinski definition) is 0. The van der Waals surface area contributed by atoms with Gasteiger partial charge in [0.1, 0.15) is 11.6 Å². The highest BCUT2D eigenvalue weighted by Gasteiger charge is 1.96. The molecule has 2 nitrogen and oxygen atoms in total. The van der Waals surface area contributed by atoms with Crippen LogP contribution in [-0.2, 0) is 11.3 Å². The first-order valence-corrected chi connectivity index (χ1v) is 5.34. The van der Waals surface area contributed by atoms with Gasteiger partial charge in [0.2, 0.25) is 0 Å². The molecule has 0 fully saturated rings. The number of hydrogen-bond acceptors (Lipinski definition) is 2. The molecule has 0 aliphatic carbocycles. The van der Waals surface area contributed by atoms with E-state index in [1.807, 2.05) is 30.3 Å². The summed E-state index contributed by atoms with van der Waals surface area (Å²) >= 11 is 0. The Hall–Kier alpha value is -1.87. The van der Waals surface area contributed by atoms with Gasteiger partial charge in [0.25, 0.3) is 0 Å². The average Bonchev–Trinajstić information content (AvgIpc) is 2.36. The molecule has 0 N–H and O–H groups in total. The summed E-state index contributed by atoms with van der Waals surface area (Å²) in [6.45, 7) is 0.592. The molecular formula is C14H13FO2. The second-order valence-electron chi connectivity index (χ2n) is 3.55. The van der Waals surface area contributed by atoms with Crippen LogP contribution >= 0.6 is 0 Å². The second-order valence-corrected chi connectivity index (χ2v) is 3.55. The molecule has 17 heavy (non-hydrogen) atoms. The molecule has 0 unspecified atom stereocenters. The van der Waals surface area contributed by atoms with Crippen molar-refractivity contribution in [3.63, 3.8) is 0 Å². The van der Waals surface area contributed by atoms with Gasteiger partial charge in [0, 0.05) is 6.07 Å². The van der Waals surface area contributed by atoms with Gasteiger partial charge in [0.15, 0.2) is 6.79 Å². The lowest BCUT2D eigenvalue weighted by atomic mass is 10.2. The summed E-state index contributed by atoms with van der Waals surface area (Å²) < 4.78 is 23.4. The van der Waals surface area contributed by atoms with Crippen molar-refractivity contribution >= 4 is 0 Å². The largest absolute Gasteiger partial charge is 0.467 e. The first-order valence-electron chi connectivity index (χ1n) is 5.34. The molecular weight excluding hydrogens is 219 g/mol. The van der Waals surface area contributed by atoms with Crippen LogP contribution in [0.25, 0.3) is 0 Å². The van der Waals surface area contributed by atoms with Gasteiger partial charge in [-0.25, -0.2) is 4.39 Å². The number of rotatable bonds is 5. The number of benzene rings is 2. The fourth-order valence-electron chi connectivity index (χ4n) is 1.40. The lowest BCUT2D eigenvalue weighted by molar-refractivity contribution is 0.00490. The Labute approximate surface area is 99.6 Å². The highest BCUT2D eigenvalue weighted by atomic mass is 19.1. The highest BCUT2D eigenvalue weighted by Crippen LogP contribution is 2.12. The van der Waals surface area contributed by atoms with Crippen LogP contribution < -0.4 is 4.74 Å². The zero-order chi connectivity index (χ0) is 11.9. The molecule has 0 aliphatic heterocycles. The van der Waals surface area contributed by atoms with Crippen LogP contribution in [0, 0.1) is 5.82 Å². The zero-order valence-corrected chi connectivity index (χ0v) is 9.30. The predicted molar refractivity (Wildman–Crippen MR) is 63.1 cm³/mol. The van der Waals surface area contributed by atoms with Crippen molar-refractivity contribution < 1.29 is 13.9 Å². The summed E-state index contributed by atoms with van der Waals surface area (Å²) in [5.41, 5.74) is 1.08. The van der Waals surface area contributed by atoms with Crippen molar-refractivity contribution in [1.82, 2.24) is 0 Å². The molecule has 0 aliphatic rings. The summed E-state index contributed by atoms with van der Waals surface area (Å²) in [6.07, 6.45) is 0. The van der Waals surface area contributed by atoms with Gasteiger partial charge in [-0.05, 0) is 17.7 Å². The smallest absolute Gasteiger partial charge is 0.189 e. The van der Waals surface area contributed by atoms with Crippen LogP contribution in [0.15, 0.2) is 54.6 Å². The average molecular weight is 232 g/mol. The minimum atomic E-state index is -0.314. The predicted octanol–water partition coefficient (Wildman–Crippen LogP) is 3.38. The SMILES string of the molecule is Fc1cccc(OCOCc2ccccc2)c1. The lowest BCUT2D eigenvalue weighted by Crippen LogP contribution is -2.02. The Morgan fingerprint density at radius 1 is 0.941 bits per heavy atom. The van der Waals surface area contributed by atoms with Crippen molar-refractivity contribution in [3.8, 4) is 5.75 Å². The Morgan fingerprint density at radius 2 is 1.76 bits per heavy atom. The van der Waals surface area contributed by atoms with E-state index in [1.54, 1.807) is 12.1 Å². The molecule has 3 heteroatoms. The van der Waals surface area contributed by atoms with Crippen LogP contribution in [0.1, 0.15) is 5.56 Å². The van der Waals surface area contributed by atoms with Gasteiger partial charge in [-0.15, -0.1) is 0 Å². The minimum absolute atomic E-state index is 0.109. The molecule has 0 atom stereocenters. The normalized spacial score (nSPS) is 10.2. The van der Waals surface area contributed by atoms with Gasteiger partial charge >= 0.3 is 0 Å². The van der Waals surface area contributed by atoms with Crippen molar-refractivity contribution in [2.45, 2.75) is 6.61 Å². The molecule has 2 aromatic rings. The van der Waals surface area contributed by atoms with Gasteiger partial charge in [-0.3, -0.25) is 0 Å². The van der Waals surface area contributed by atoms with Gasteiger partial charge < -0.3 is 9.47 Å². The Balaban J connectivity index is 1.73. The molecule has 0 amide bonds. The van der Waals surface area contributed by atoms with E-state index in [-0.39, 0.29) is 12.6 Å². The lowest BCUT2D eigenvalue weighted by Gasteiger charge is -2.07. The summed E-state index contributed by atoms with van der Waals surface area (Å²) in [4.78, 5) is 0. The van der Waals surface area contributed by atoms with E-state index in [9.17, 15) is 4.39 Å². The third kappa shape index (κ3) is 3.89. The molecule has 0 aromatic heterocycles. The van der Waals surface area contributed by atoms with E-state index in [0.717, 1.165) is 5.56 Å². The Morgan fingerprint density at radius 3 is 2.53 bits per heavy atom. The molecule has 0 radical (unpaired) electrons. The maximum absolute atomic E-state index is 12.8. The summed E-state index contributed by atoms with van der Waals surface area (Å²) in [7, 11) is 0. The summed E-state index contributed by atoms with van der Waals surface area (Å²) in [5.74, 6) is 0.156. The molecule has 2 rings (SSSR count). The highest BCUT2D eigenvalue weighted by molar-refractivity contribution is 5.22. The number of halogens is 1. The van der Waals surface area contributed by atoms with E-state index >= 15 is 0 Å². The van der Waals surface area contributed by atoms with E-state index < -0.39 is 0 Å². The first-order chi connectivity index (χ1) is 8.34. The van der Waals surface area contributed by atoms with Crippen LogP contribution in [0.5, 0.6) is 5.75 Å². The molecule has 0 heterocycles. The van der Waals surface area contributed by atoms with Crippen molar-refractivity contribution in [2.24, 2.45) is 0 Å². The van der Waals surface area contributed by atoms with Crippen LogP contribution in [-0.4, -0.2) is 6.79 Å². The fourth-order valence-corrected chi connectivity index (χ4v) is 1.40. The van der Waals surface area contributed by atoms with E-state index in [0.29, 0.717) is 12.4 Å². The van der Waals surface area contributed by atoms with E-state index in [2.05, 4.69) is 0 Å². The Bertz CT molecular complexity index is 457. The van der Waals surface area contributed by atoms with Crippen molar-refractivity contribution in [2.75, 3.05) is 6.79 Å². The molecule has 88 valence electrons. The van der Waals surface area contributed by atoms with Crippen molar-refractivity contribution in [1.29, 1.82) is 0 Å². The second kappa shape index (κ2) is 6.01. The number of ether oxygens (including phenoxy) is 2. The quantitative estimate of drug-likeness (QED) is 0.581.